The molecule has 0 aliphatic carbocycles. The second-order valence-electron chi connectivity index (χ2n) is 5.63. The van der Waals surface area contributed by atoms with Gasteiger partial charge in [0.05, 0.1) is 0 Å². The Kier molecular flexibility index (Phi) is 4.79. The van der Waals surface area contributed by atoms with E-state index in [1.807, 2.05) is 0 Å². The molecule has 1 heterocycles. The van der Waals surface area contributed by atoms with Gasteiger partial charge in [-0.3, -0.25) is 4.90 Å². The molecule has 0 amide bonds. The smallest absolute Gasteiger partial charge is 0.0239 e. The van der Waals surface area contributed by atoms with Crippen LogP contribution in [0.2, 0.25) is 0 Å². The molecule has 1 aromatic rings. The van der Waals surface area contributed by atoms with E-state index in [2.05, 4.69) is 36.9 Å². The Morgan fingerprint density at radius 3 is 2.94 bits per heavy atom. The number of hydrogen-bond acceptors (Lipinski definition) is 2. The van der Waals surface area contributed by atoms with Crippen LogP contribution >= 0.6 is 0 Å². The van der Waals surface area contributed by atoms with Crippen molar-refractivity contribution in [1.82, 2.24) is 4.90 Å². The standard InChI is InChI=1S/C16H26N2/c1-13-7-8-14(2)15(11-13)12-18-10-4-6-16(18)5-3-9-17/h7-8,11,16H,3-6,9-10,12,17H2,1-2H3. The highest BCUT2D eigenvalue weighted by Gasteiger charge is 2.24. The van der Waals surface area contributed by atoms with Crippen LogP contribution in [0, 0.1) is 13.8 Å². The summed E-state index contributed by atoms with van der Waals surface area (Å²) in [6, 6.07) is 7.55. The van der Waals surface area contributed by atoms with Crippen LogP contribution in [0.25, 0.3) is 0 Å². The second kappa shape index (κ2) is 6.35. The Labute approximate surface area is 111 Å². The SMILES string of the molecule is Cc1ccc(C)c(CN2CCCC2CCCN)c1. The van der Waals surface area contributed by atoms with E-state index in [1.165, 1.54) is 42.5 Å². The fourth-order valence-electron chi connectivity index (χ4n) is 2.97. The van der Waals surface area contributed by atoms with Crippen molar-refractivity contribution in [3.8, 4) is 0 Å². The maximum absolute atomic E-state index is 5.63. The highest BCUT2D eigenvalue weighted by Crippen LogP contribution is 2.24. The van der Waals surface area contributed by atoms with Gasteiger partial charge < -0.3 is 5.73 Å². The van der Waals surface area contributed by atoms with E-state index in [1.54, 1.807) is 0 Å². The number of hydrogen-bond donors (Lipinski definition) is 1. The average Bonchev–Trinajstić information content (AvgIpc) is 2.79. The molecule has 100 valence electrons. The molecule has 2 nitrogen and oxygen atoms in total. The van der Waals surface area contributed by atoms with Crippen LogP contribution in [-0.2, 0) is 6.54 Å². The summed E-state index contributed by atoms with van der Waals surface area (Å²) < 4.78 is 0. The van der Waals surface area contributed by atoms with Crippen molar-refractivity contribution < 1.29 is 0 Å². The summed E-state index contributed by atoms with van der Waals surface area (Å²) >= 11 is 0. The molecule has 1 saturated heterocycles. The number of rotatable bonds is 5. The van der Waals surface area contributed by atoms with E-state index in [4.69, 9.17) is 5.73 Å². The van der Waals surface area contributed by atoms with E-state index in [0.29, 0.717) is 0 Å². The molecule has 2 heteroatoms. The van der Waals surface area contributed by atoms with Crippen molar-refractivity contribution in [2.45, 2.75) is 52.1 Å². The molecular formula is C16H26N2. The fourth-order valence-corrected chi connectivity index (χ4v) is 2.97. The minimum atomic E-state index is 0.758. The van der Waals surface area contributed by atoms with Gasteiger partial charge in [0.2, 0.25) is 0 Å². The van der Waals surface area contributed by atoms with Crippen LogP contribution in [0.3, 0.4) is 0 Å². The largest absolute Gasteiger partial charge is 0.330 e. The lowest BCUT2D eigenvalue weighted by Crippen LogP contribution is -2.29. The first-order chi connectivity index (χ1) is 8.70. The van der Waals surface area contributed by atoms with Gasteiger partial charge in [-0.1, -0.05) is 23.8 Å². The van der Waals surface area contributed by atoms with Crippen molar-refractivity contribution in [2.75, 3.05) is 13.1 Å². The van der Waals surface area contributed by atoms with Crippen molar-refractivity contribution >= 4 is 0 Å². The quantitative estimate of drug-likeness (QED) is 0.865. The lowest BCUT2D eigenvalue weighted by atomic mass is 10.0. The summed E-state index contributed by atoms with van der Waals surface area (Å²) in [6.45, 7) is 7.59. The van der Waals surface area contributed by atoms with Gasteiger partial charge >= 0.3 is 0 Å². The topological polar surface area (TPSA) is 29.3 Å². The van der Waals surface area contributed by atoms with Crippen LogP contribution in [0.5, 0.6) is 0 Å². The molecule has 1 fully saturated rings. The fraction of sp³-hybridized carbons (Fsp3) is 0.625. The Balaban J connectivity index is 2.01. The van der Waals surface area contributed by atoms with Crippen LogP contribution in [0.4, 0.5) is 0 Å². The zero-order valence-corrected chi connectivity index (χ0v) is 11.8. The number of likely N-dealkylation sites (tertiary alicyclic amines) is 1. The minimum Gasteiger partial charge on any atom is -0.330 e. The Morgan fingerprint density at radius 2 is 2.17 bits per heavy atom. The van der Waals surface area contributed by atoms with Crippen LogP contribution in [0.15, 0.2) is 18.2 Å². The van der Waals surface area contributed by atoms with Gasteiger partial charge in [0.1, 0.15) is 0 Å². The Morgan fingerprint density at radius 1 is 1.33 bits per heavy atom. The number of aryl methyl sites for hydroxylation is 2. The highest BCUT2D eigenvalue weighted by atomic mass is 15.2. The van der Waals surface area contributed by atoms with Gasteiger partial charge in [-0.2, -0.15) is 0 Å². The first-order valence-corrected chi connectivity index (χ1v) is 7.21. The van der Waals surface area contributed by atoms with Crippen molar-refractivity contribution in [2.24, 2.45) is 5.73 Å². The molecule has 2 N–H and O–H groups in total. The second-order valence-corrected chi connectivity index (χ2v) is 5.63. The molecule has 2 rings (SSSR count). The molecule has 1 aliphatic heterocycles. The van der Waals surface area contributed by atoms with Crippen molar-refractivity contribution in [3.63, 3.8) is 0 Å². The third kappa shape index (κ3) is 3.33. The van der Waals surface area contributed by atoms with Crippen LogP contribution in [0.1, 0.15) is 42.4 Å². The van der Waals surface area contributed by atoms with Gasteiger partial charge in [0, 0.05) is 12.6 Å². The zero-order valence-electron chi connectivity index (χ0n) is 11.8. The molecule has 0 bridgehead atoms. The molecular weight excluding hydrogens is 220 g/mol. The third-order valence-corrected chi connectivity index (χ3v) is 4.12. The molecule has 0 spiro atoms. The molecule has 1 aromatic carbocycles. The van der Waals surface area contributed by atoms with E-state index in [-0.39, 0.29) is 0 Å². The predicted molar refractivity (Wildman–Crippen MR) is 77.6 cm³/mol. The summed E-state index contributed by atoms with van der Waals surface area (Å²) in [6.07, 6.45) is 5.13. The van der Waals surface area contributed by atoms with Gasteiger partial charge in [0.15, 0.2) is 0 Å². The lowest BCUT2D eigenvalue weighted by molar-refractivity contribution is 0.232. The predicted octanol–water partition coefficient (Wildman–Crippen LogP) is 3.01. The average molecular weight is 246 g/mol. The Bertz CT molecular complexity index is 387. The van der Waals surface area contributed by atoms with E-state index in [9.17, 15) is 0 Å². The summed E-state index contributed by atoms with van der Waals surface area (Å²) in [5.41, 5.74) is 9.92. The van der Waals surface area contributed by atoms with Gasteiger partial charge in [-0.05, 0) is 63.7 Å². The normalized spacial score (nSPS) is 20.5. The van der Waals surface area contributed by atoms with Crippen molar-refractivity contribution in [1.29, 1.82) is 0 Å². The molecule has 1 aliphatic rings. The molecule has 0 saturated carbocycles. The monoisotopic (exact) mass is 246 g/mol. The summed E-state index contributed by atoms with van der Waals surface area (Å²) in [4.78, 5) is 2.65. The van der Waals surface area contributed by atoms with E-state index in [0.717, 1.165) is 25.6 Å². The van der Waals surface area contributed by atoms with Gasteiger partial charge in [-0.15, -0.1) is 0 Å². The molecule has 0 radical (unpaired) electrons. The third-order valence-electron chi connectivity index (χ3n) is 4.12. The maximum atomic E-state index is 5.63. The number of nitrogens with zero attached hydrogens (tertiary/aromatic N) is 1. The van der Waals surface area contributed by atoms with Gasteiger partial charge in [-0.25, -0.2) is 0 Å². The Hall–Kier alpha value is -0.860. The summed E-state index contributed by atoms with van der Waals surface area (Å²) in [5.74, 6) is 0. The first kappa shape index (κ1) is 13.6. The minimum absolute atomic E-state index is 0.758. The number of benzene rings is 1. The van der Waals surface area contributed by atoms with Crippen LogP contribution in [-0.4, -0.2) is 24.0 Å². The molecule has 18 heavy (non-hydrogen) atoms. The summed E-state index contributed by atoms with van der Waals surface area (Å²) in [7, 11) is 0. The molecule has 1 unspecified atom stereocenters. The molecule has 0 aromatic heterocycles. The van der Waals surface area contributed by atoms with E-state index >= 15 is 0 Å². The van der Waals surface area contributed by atoms with E-state index < -0.39 is 0 Å². The summed E-state index contributed by atoms with van der Waals surface area (Å²) in [5, 5.41) is 0. The van der Waals surface area contributed by atoms with Crippen molar-refractivity contribution in [3.05, 3.63) is 34.9 Å². The first-order valence-electron chi connectivity index (χ1n) is 7.21. The van der Waals surface area contributed by atoms with Gasteiger partial charge in [0.25, 0.3) is 0 Å². The molecule has 1 atom stereocenters. The van der Waals surface area contributed by atoms with Crippen LogP contribution < -0.4 is 5.73 Å². The highest BCUT2D eigenvalue weighted by molar-refractivity contribution is 5.30. The maximum Gasteiger partial charge on any atom is 0.0239 e. The zero-order chi connectivity index (χ0) is 13.0. The lowest BCUT2D eigenvalue weighted by Gasteiger charge is -2.25. The number of nitrogens with two attached hydrogens (primary N) is 1.